The lowest BCUT2D eigenvalue weighted by Crippen LogP contribution is -2.14. The lowest BCUT2D eigenvalue weighted by molar-refractivity contribution is -0.115. The highest BCUT2D eigenvalue weighted by molar-refractivity contribution is 9.10. The zero-order valence-corrected chi connectivity index (χ0v) is 11.8. The van der Waals surface area contributed by atoms with Gasteiger partial charge in [0.2, 0.25) is 5.91 Å². The first-order chi connectivity index (χ1) is 8.63. The van der Waals surface area contributed by atoms with E-state index >= 15 is 0 Å². The molecule has 2 nitrogen and oxygen atoms in total. The van der Waals surface area contributed by atoms with Crippen LogP contribution in [0.4, 0.5) is 5.69 Å². The van der Waals surface area contributed by atoms with Crippen LogP contribution in [-0.4, -0.2) is 5.91 Å². The first-order valence-electron chi connectivity index (χ1n) is 5.43. The highest BCUT2D eigenvalue weighted by Gasteiger charge is 2.04. The molecule has 2 aromatic carbocycles. The van der Waals surface area contributed by atoms with Crippen molar-refractivity contribution in [3.8, 4) is 0 Å². The van der Waals surface area contributed by atoms with Crippen LogP contribution in [0.1, 0.15) is 5.56 Å². The number of carbonyl (C=O) groups excluding carboxylic acids is 1. The minimum atomic E-state index is -0.0598. The van der Waals surface area contributed by atoms with Gasteiger partial charge in [-0.25, -0.2) is 0 Å². The Morgan fingerprint density at radius 2 is 1.94 bits per heavy atom. The summed E-state index contributed by atoms with van der Waals surface area (Å²) in [5, 5.41) is 3.48. The molecule has 0 aliphatic heterocycles. The Hall–Kier alpha value is -1.32. The van der Waals surface area contributed by atoms with E-state index in [0.29, 0.717) is 11.4 Å². The molecule has 0 unspecified atom stereocenters. The largest absolute Gasteiger partial charge is 0.326 e. The maximum atomic E-state index is 11.8. The summed E-state index contributed by atoms with van der Waals surface area (Å²) in [5.74, 6) is -0.0598. The predicted molar refractivity (Wildman–Crippen MR) is 77.9 cm³/mol. The molecule has 0 bridgehead atoms. The van der Waals surface area contributed by atoms with Gasteiger partial charge in [0.05, 0.1) is 6.42 Å². The van der Waals surface area contributed by atoms with Crippen LogP contribution in [0.2, 0.25) is 5.02 Å². The number of carbonyl (C=O) groups is 1. The van der Waals surface area contributed by atoms with Crippen molar-refractivity contribution in [3.05, 3.63) is 63.6 Å². The number of halogens is 2. The minimum absolute atomic E-state index is 0.0598. The fraction of sp³-hybridized carbons (Fsp3) is 0.0714. The van der Waals surface area contributed by atoms with Crippen LogP contribution in [0, 0.1) is 0 Å². The second kappa shape index (κ2) is 6.03. The molecule has 0 aromatic heterocycles. The molecule has 2 rings (SSSR count). The van der Waals surface area contributed by atoms with E-state index in [2.05, 4.69) is 21.2 Å². The van der Waals surface area contributed by atoms with Crippen LogP contribution in [0.3, 0.4) is 0 Å². The van der Waals surface area contributed by atoms with Gasteiger partial charge in [0.15, 0.2) is 0 Å². The molecule has 92 valence electrons. The van der Waals surface area contributed by atoms with Crippen molar-refractivity contribution >= 4 is 39.1 Å². The summed E-state index contributed by atoms with van der Waals surface area (Å²) < 4.78 is 0.933. The van der Waals surface area contributed by atoms with Crippen molar-refractivity contribution in [2.45, 2.75) is 6.42 Å². The normalized spacial score (nSPS) is 10.1. The Labute approximate surface area is 119 Å². The summed E-state index contributed by atoms with van der Waals surface area (Å²) in [6.07, 6.45) is 0.313. The molecule has 0 radical (unpaired) electrons. The number of hydrogen-bond donors (Lipinski definition) is 1. The van der Waals surface area contributed by atoms with Gasteiger partial charge < -0.3 is 5.32 Å². The molecular formula is C14H11BrClNO. The van der Waals surface area contributed by atoms with Crippen LogP contribution in [0.15, 0.2) is 53.0 Å². The topological polar surface area (TPSA) is 29.1 Å². The maximum absolute atomic E-state index is 11.8. The molecule has 0 fully saturated rings. The first kappa shape index (κ1) is 13.1. The maximum Gasteiger partial charge on any atom is 0.228 e. The van der Waals surface area contributed by atoms with Gasteiger partial charge >= 0.3 is 0 Å². The van der Waals surface area contributed by atoms with Gasteiger partial charge in [-0.15, -0.1) is 0 Å². The minimum Gasteiger partial charge on any atom is -0.326 e. The van der Waals surface area contributed by atoms with Crippen molar-refractivity contribution in [1.82, 2.24) is 0 Å². The summed E-state index contributed by atoms with van der Waals surface area (Å²) in [5.41, 5.74) is 1.67. The van der Waals surface area contributed by atoms with Crippen LogP contribution in [0.25, 0.3) is 0 Å². The highest BCUT2D eigenvalue weighted by Crippen LogP contribution is 2.16. The molecule has 2 aromatic rings. The zero-order chi connectivity index (χ0) is 13.0. The summed E-state index contributed by atoms with van der Waals surface area (Å²) in [4.78, 5) is 11.8. The molecule has 0 heterocycles. The number of hydrogen-bond acceptors (Lipinski definition) is 1. The Bertz CT molecular complexity index is 522. The second-order valence-corrected chi connectivity index (χ2v) is 5.22. The van der Waals surface area contributed by atoms with E-state index in [1.165, 1.54) is 0 Å². The van der Waals surface area contributed by atoms with Crippen molar-refractivity contribution in [2.24, 2.45) is 0 Å². The van der Waals surface area contributed by atoms with Gasteiger partial charge in [-0.1, -0.05) is 45.7 Å². The monoisotopic (exact) mass is 323 g/mol. The zero-order valence-electron chi connectivity index (χ0n) is 9.49. The molecule has 0 saturated carbocycles. The van der Waals surface area contributed by atoms with Gasteiger partial charge in [0, 0.05) is 15.2 Å². The highest BCUT2D eigenvalue weighted by atomic mass is 79.9. The van der Waals surface area contributed by atoms with Crippen LogP contribution >= 0.6 is 27.5 Å². The number of amides is 1. The average molecular weight is 325 g/mol. The summed E-state index contributed by atoms with van der Waals surface area (Å²) in [7, 11) is 0. The molecule has 4 heteroatoms. The van der Waals surface area contributed by atoms with E-state index in [1.54, 1.807) is 12.1 Å². The van der Waals surface area contributed by atoms with E-state index < -0.39 is 0 Å². The van der Waals surface area contributed by atoms with Crippen molar-refractivity contribution in [1.29, 1.82) is 0 Å². The number of rotatable bonds is 3. The smallest absolute Gasteiger partial charge is 0.228 e. The predicted octanol–water partition coefficient (Wildman–Crippen LogP) is 4.28. The van der Waals surface area contributed by atoms with Crippen LogP contribution < -0.4 is 5.32 Å². The van der Waals surface area contributed by atoms with Crippen LogP contribution in [-0.2, 0) is 11.2 Å². The Kier molecular flexibility index (Phi) is 4.39. The van der Waals surface area contributed by atoms with Gasteiger partial charge in [-0.05, 0) is 35.9 Å². The number of anilines is 1. The summed E-state index contributed by atoms with van der Waals surface area (Å²) in [6, 6.07) is 14.8. The van der Waals surface area contributed by atoms with Gasteiger partial charge in [0.25, 0.3) is 0 Å². The molecular weight excluding hydrogens is 314 g/mol. The van der Waals surface area contributed by atoms with E-state index in [0.717, 1.165) is 15.7 Å². The fourth-order valence-electron chi connectivity index (χ4n) is 1.60. The second-order valence-electron chi connectivity index (χ2n) is 3.87. The van der Waals surface area contributed by atoms with Crippen molar-refractivity contribution < 1.29 is 4.79 Å². The quantitative estimate of drug-likeness (QED) is 0.897. The lowest BCUT2D eigenvalue weighted by Gasteiger charge is -2.06. The number of nitrogens with one attached hydrogen (secondary N) is 1. The molecule has 1 amide bonds. The molecule has 0 aliphatic carbocycles. The Morgan fingerprint density at radius 3 is 2.67 bits per heavy atom. The third kappa shape index (κ3) is 3.86. The van der Waals surface area contributed by atoms with Gasteiger partial charge in [-0.3, -0.25) is 4.79 Å². The van der Waals surface area contributed by atoms with Crippen molar-refractivity contribution in [3.63, 3.8) is 0 Å². The third-order valence-corrected chi connectivity index (χ3v) is 3.09. The van der Waals surface area contributed by atoms with Crippen molar-refractivity contribution in [2.75, 3.05) is 5.32 Å². The fourth-order valence-corrected chi connectivity index (χ4v) is 2.22. The Balaban J connectivity index is 2.01. The lowest BCUT2D eigenvalue weighted by atomic mass is 10.1. The van der Waals surface area contributed by atoms with Gasteiger partial charge in [-0.2, -0.15) is 0 Å². The average Bonchev–Trinajstić information content (AvgIpc) is 2.28. The summed E-state index contributed by atoms with van der Waals surface area (Å²) in [6.45, 7) is 0. The molecule has 0 atom stereocenters. The van der Waals surface area contributed by atoms with Crippen LogP contribution in [0.5, 0.6) is 0 Å². The van der Waals surface area contributed by atoms with E-state index in [1.807, 2.05) is 36.4 Å². The SMILES string of the molecule is O=C(Cc1cccc(Cl)c1)Nc1cccc(Br)c1. The third-order valence-electron chi connectivity index (χ3n) is 2.36. The Morgan fingerprint density at radius 1 is 1.17 bits per heavy atom. The molecule has 0 saturated heterocycles. The molecule has 18 heavy (non-hydrogen) atoms. The molecule has 1 N–H and O–H groups in total. The number of benzene rings is 2. The molecule has 0 aliphatic rings. The van der Waals surface area contributed by atoms with E-state index in [-0.39, 0.29) is 5.91 Å². The first-order valence-corrected chi connectivity index (χ1v) is 6.60. The van der Waals surface area contributed by atoms with E-state index in [4.69, 9.17) is 11.6 Å². The molecule has 0 spiro atoms. The van der Waals surface area contributed by atoms with Gasteiger partial charge in [0.1, 0.15) is 0 Å². The summed E-state index contributed by atoms with van der Waals surface area (Å²) >= 11 is 9.23. The van der Waals surface area contributed by atoms with E-state index in [9.17, 15) is 4.79 Å². The standard InChI is InChI=1S/C14H11BrClNO/c15-11-4-2-6-13(9-11)17-14(18)8-10-3-1-5-12(16)7-10/h1-7,9H,8H2,(H,17,18).